The van der Waals surface area contributed by atoms with Crippen LogP contribution in [0.1, 0.15) is 11.3 Å². The van der Waals surface area contributed by atoms with E-state index in [0.717, 1.165) is 27.8 Å². The fourth-order valence-corrected chi connectivity index (χ4v) is 2.90. The van der Waals surface area contributed by atoms with Crippen molar-refractivity contribution >= 4 is 23.4 Å². The van der Waals surface area contributed by atoms with Crippen LogP contribution >= 0.6 is 11.8 Å². The van der Waals surface area contributed by atoms with Gasteiger partial charge in [-0.05, 0) is 50.2 Å². The van der Waals surface area contributed by atoms with Crippen molar-refractivity contribution in [2.75, 3.05) is 16.9 Å². The number of amides is 1. The second-order valence-electron chi connectivity index (χ2n) is 6.02. The van der Waals surface area contributed by atoms with Gasteiger partial charge >= 0.3 is 0 Å². The van der Waals surface area contributed by atoms with E-state index in [1.54, 1.807) is 24.3 Å². The Bertz CT molecular complexity index is 1030. The van der Waals surface area contributed by atoms with E-state index in [4.69, 9.17) is 10.6 Å². The lowest BCUT2D eigenvalue weighted by Crippen LogP contribution is -2.32. The van der Waals surface area contributed by atoms with Crippen molar-refractivity contribution in [2.24, 2.45) is 0 Å². The summed E-state index contributed by atoms with van der Waals surface area (Å²) in [6, 6.07) is 14.8. The zero-order chi connectivity index (χ0) is 20.1. The Kier molecular flexibility index (Phi) is 5.95. The summed E-state index contributed by atoms with van der Waals surface area (Å²) in [5.74, 6) is 6.83. The number of aromatic nitrogens is 3. The number of thioether (sulfide) groups is 1. The summed E-state index contributed by atoms with van der Waals surface area (Å²) in [7, 11) is 0. The van der Waals surface area contributed by atoms with Crippen molar-refractivity contribution in [1.29, 1.82) is 0 Å². The van der Waals surface area contributed by atoms with Gasteiger partial charge < -0.3 is 15.9 Å². The lowest BCUT2D eigenvalue weighted by molar-refractivity contribution is -0.113. The molecule has 0 aliphatic rings. The molecule has 3 rings (SSSR count). The molecule has 28 heavy (non-hydrogen) atoms. The van der Waals surface area contributed by atoms with Gasteiger partial charge in [0.1, 0.15) is 17.2 Å². The molecule has 3 aromatic rings. The molecule has 3 N–H and O–H groups in total. The maximum atomic E-state index is 12.1. The van der Waals surface area contributed by atoms with Crippen LogP contribution in [-0.4, -0.2) is 26.5 Å². The lowest BCUT2D eigenvalue weighted by Gasteiger charge is -2.09. The van der Waals surface area contributed by atoms with Gasteiger partial charge in [0.15, 0.2) is 0 Å². The molecule has 2 aromatic carbocycles. The number of ether oxygens (including phenoxy) is 1. The van der Waals surface area contributed by atoms with Crippen LogP contribution < -0.4 is 21.5 Å². The number of benzene rings is 2. The largest absolute Gasteiger partial charge is 0.457 e. The third-order valence-corrected chi connectivity index (χ3v) is 4.69. The van der Waals surface area contributed by atoms with Crippen LogP contribution in [0.15, 0.2) is 58.5 Å². The zero-order valence-electron chi connectivity index (χ0n) is 15.4. The van der Waals surface area contributed by atoms with Gasteiger partial charge in [0.2, 0.25) is 11.1 Å². The minimum atomic E-state index is -0.443. The van der Waals surface area contributed by atoms with Gasteiger partial charge in [0.25, 0.3) is 5.56 Å². The van der Waals surface area contributed by atoms with E-state index in [1.165, 1.54) is 6.92 Å². The normalized spacial score (nSPS) is 10.5. The summed E-state index contributed by atoms with van der Waals surface area (Å²) in [4.78, 5) is 23.8. The van der Waals surface area contributed by atoms with Crippen LogP contribution in [0.3, 0.4) is 0 Å². The molecule has 0 unspecified atom stereocenters. The van der Waals surface area contributed by atoms with E-state index in [9.17, 15) is 9.59 Å². The average molecular weight is 397 g/mol. The molecule has 0 aliphatic heterocycles. The molecule has 0 atom stereocenters. The van der Waals surface area contributed by atoms with Crippen LogP contribution in [-0.2, 0) is 4.79 Å². The first-order valence-corrected chi connectivity index (χ1v) is 9.39. The molecular weight excluding hydrogens is 378 g/mol. The first-order chi connectivity index (χ1) is 13.4. The number of anilines is 1. The summed E-state index contributed by atoms with van der Waals surface area (Å²) in [5.41, 5.74) is 1.54. The molecule has 0 saturated heterocycles. The second kappa shape index (κ2) is 8.57. The number of nitrogen functional groups attached to an aromatic ring is 1. The molecule has 0 aliphatic carbocycles. The molecule has 0 spiro atoms. The molecule has 0 radical (unpaired) electrons. The van der Waals surface area contributed by atoms with Gasteiger partial charge in [-0.2, -0.15) is 4.68 Å². The van der Waals surface area contributed by atoms with Gasteiger partial charge in [-0.25, -0.2) is 0 Å². The molecular formula is C19H19N5O3S. The van der Waals surface area contributed by atoms with Gasteiger partial charge in [0.05, 0.1) is 5.75 Å². The highest BCUT2D eigenvalue weighted by Gasteiger charge is 2.10. The molecule has 0 bridgehead atoms. The van der Waals surface area contributed by atoms with Crippen molar-refractivity contribution in [3.63, 3.8) is 0 Å². The second-order valence-corrected chi connectivity index (χ2v) is 6.96. The summed E-state index contributed by atoms with van der Waals surface area (Å²) in [6.45, 7) is 3.53. The fraction of sp³-hybridized carbons (Fsp3) is 0.158. The molecule has 1 amide bonds. The molecule has 1 aromatic heterocycles. The Morgan fingerprint density at radius 3 is 2.32 bits per heavy atom. The number of rotatable bonds is 6. The first-order valence-electron chi connectivity index (χ1n) is 8.41. The van der Waals surface area contributed by atoms with Crippen molar-refractivity contribution in [3.8, 4) is 11.5 Å². The monoisotopic (exact) mass is 397 g/mol. The SMILES string of the molecule is Cc1ccc(Oc2ccc(NC(=O)CSc3nnc(C)c(=O)n3N)cc2)cc1. The Hall–Kier alpha value is -3.33. The Labute approximate surface area is 165 Å². The zero-order valence-corrected chi connectivity index (χ0v) is 16.2. The molecule has 9 heteroatoms. The van der Waals surface area contributed by atoms with Crippen LogP contribution in [0, 0.1) is 13.8 Å². The highest BCUT2D eigenvalue weighted by atomic mass is 32.2. The number of nitrogens with two attached hydrogens (primary N) is 1. The number of aryl methyl sites for hydroxylation is 2. The Morgan fingerprint density at radius 1 is 1.07 bits per heavy atom. The highest BCUT2D eigenvalue weighted by Crippen LogP contribution is 2.23. The summed E-state index contributed by atoms with van der Waals surface area (Å²) in [5, 5.41) is 10.5. The first kappa shape index (κ1) is 19.4. The van der Waals surface area contributed by atoms with E-state index in [-0.39, 0.29) is 22.5 Å². The van der Waals surface area contributed by atoms with Crippen molar-refractivity contribution in [3.05, 3.63) is 70.1 Å². The minimum absolute atomic E-state index is 0.0377. The average Bonchev–Trinajstić information content (AvgIpc) is 2.69. The molecule has 8 nitrogen and oxygen atoms in total. The van der Waals surface area contributed by atoms with E-state index in [1.807, 2.05) is 31.2 Å². The van der Waals surface area contributed by atoms with Gasteiger partial charge in [0, 0.05) is 5.69 Å². The number of hydrogen-bond donors (Lipinski definition) is 2. The van der Waals surface area contributed by atoms with E-state index in [0.29, 0.717) is 11.4 Å². The summed E-state index contributed by atoms with van der Waals surface area (Å²) < 4.78 is 6.64. The smallest absolute Gasteiger partial charge is 0.294 e. The topological polar surface area (TPSA) is 112 Å². The van der Waals surface area contributed by atoms with Crippen molar-refractivity contribution in [2.45, 2.75) is 19.0 Å². The summed E-state index contributed by atoms with van der Waals surface area (Å²) in [6.07, 6.45) is 0. The van der Waals surface area contributed by atoms with Crippen LogP contribution in [0.5, 0.6) is 11.5 Å². The predicted octanol–water partition coefficient (Wildman–Crippen LogP) is 2.49. The number of carbonyl (C=O) groups excluding carboxylic acids is 1. The fourth-order valence-electron chi connectivity index (χ4n) is 2.24. The number of nitrogens with one attached hydrogen (secondary N) is 1. The van der Waals surface area contributed by atoms with Crippen molar-refractivity contribution in [1.82, 2.24) is 14.9 Å². The number of carbonyl (C=O) groups is 1. The van der Waals surface area contributed by atoms with Gasteiger partial charge in [-0.3, -0.25) is 9.59 Å². The molecule has 0 fully saturated rings. The highest BCUT2D eigenvalue weighted by molar-refractivity contribution is 7.99. The number of hydrogen-bond acceptors (Lipinski definition) is 7. The third kappa shape index (κ3) is 4.89. The Balaban J connectivity index is 1.55. The summed E-state index contributed by atoms with van der Waals surface area (Å²) >= 11 is 1.03. The lowest BCUT2D eigenvalue weighted by atomic mass is 10.2. The van der Waals surface area contributed by atoms with Crippen LogP contribution in [0.2, 0.25) is 0 Å². The van der Waals surface area contributed by atoms with E-state index < -0.39 is 5.56 Å². The third-order valence-electron chi connectivity index (χ3n) is 3.75. The van der Waals surface area contributed by atoms with Crippen LogP contribution in [0.4, 0.5) is 5.69 Å². The van der Waals surface area contributed by atoms with E-state index in [2.05, 4.69) is 15.5 Å². The standard InChI is InChI=1S/C19H19N5O3S/c1-12-3-7-15(8-4-12)27-16-9-5-14(6-10-16)21-17(25)11-28-19-23-22-13(2)18(26)24(19)20/h3-10H,11,20H2,1-2H3,(H,21,25). The van der Waals surface area contributed by atoms with Gasteiger partial charge in [-0.1, -0.05) is 29.5 Å². The molecule has 1 heterocycles. The molecule has 0 saturated carbocycles. The Morgan fingerprint density at radius 2 is 1.68 bits per heavy atom. The van der Waals surface area contributed by atoms with Gasteiger partial charge in [-0.15, -0.1) is 10.2 Å². The quantitative estimate of drug-likeness (QED) is 0.485. The predicted molar refractivity (Wildman–Crippen MR) is 108 cm³/mol. The van der Waals surface area contributed by atoms with Crippen molar-refractivity contribution < 1.29 is 9.53 Å². The van der Waals surface area contributed by atoms with E-state index >= 15 is 0 Å². The number of nitrogens with zero attached hydrogens (tertiary/aromatic N) is 3. The molecule has 144 valence electrons. The van der Waals surface area contributed by atoms with Crippen LogP contribution in [0.25, 0.3) is 0 Å². The maximum absolute atomic E-state index is 12.1. The minimum Gasteiger partial charge on any atom is -0.457 e. The maximum Gasteiger partial charge on any atom is 0.294 e.